The number of hydrogen-bond acceptors (Lipinski definition) is 15. The number of benzene rings is 4. The summed E-state index contributed by atoms with van der Waals surface area (Å²) >= 11 is 1.12. The number of aryl methyl sites for hydroxylation is 1. The van der Waals surface area contributed by atoms with Crippen LogP contribution in [0.1, 0.15) is 46.5 Å². The van der Waals surface area contributed by atoms with Crippen LogP contribution < -0.4 is 9.47 Å². The molecule has 0 unspecified atom stereocenters. The summed E-state index contributed by atoms with van der Waals surface area (Å²) in [6.07, 6.45) is 0. The zero-order valence-corrected chi connectivity index (χ0v) is 29.1. The number of carbonyl (C=O) groups excluding carboxylic acids is 1. The first-order valence-corrected chi connectivity index (χ1v) is 17.9. The average molecular weight is 757 g/mol. The Kier molecular flexibility index (Phi) is 12.1. The van der Waals surface area contributed by atoms with E-state index in [2.05, 4.69) is 18.7 Å². The Balaban J connectivity index is 1.74. The van der Waals surface area contributed by atoms with Gasteiger partial charge in [0.2, 0.25) is 0 Å². The fourth-order valence-corrected chi connectivity index (χ4v) is 6.91. The molecular formula is C30H28O15S4. The first-order chi connectivity index (χ1) is 23.0. The van der Waals surface area contributed by atoms with Crippen molar-refractivity contribution in [1.29, 1.82) is 0 Å². The van der Waals surface area contributed by atoms with E-state index in [0.29, 0.717) is 45.7 Å². The van der Waals surface area contributed by atoms with E-state index in [4.69, 9.17) is 20.0 Å². The van der Waals surface area contributed by atoms with Crippen molar-refractivity contribution >= 4 is 50.1 Å². The Morgan fingerprint density at radius 3 is 1.78 bits per heavy atom. The standard InChI is InChI=1S/C30H28O15S4/c1-17-5-6-18(13-25(17)46-44-42-32)29(31)19-7-10-24(27(14-19)48(34,35)36)41-22-11-8-20(15-26(22)47-45-43-33)30(2,3)21-9-12-23(40-4)28(16-21)49(37,38)39/h5-16,32-33H,1-4H3,(H,34,35,36)(H,37,38,39). The second-order valence-electron chi connectivity index (χ2n) is 10.6. The van der Waals surface area contributed by atoms with E-state index in [0.717, 1.165) is 12.1 Å². The molecule has 0 aliphatic carbocycles. The molecular weight excluding hydrogens is 729 g/mol. The van der Waals surface area contributed by atoms with E-state index in [1.54, 1.807) is 39.0 Å². The van der Waals surface area contributed by atoms with E-state index in [-0.39, 0.29) is 33.3 Å². The highest BCUT2D eigenvalue weighted by Crippen LogP contribution is 2.42. The van der Waals surface area contributed by atoms with Crippen molar-refractivity contribution in [3.8, 4) is 17.2 Å². The number of hydrogen-bond donors (Lipinski definition) is 4. The molecule has 49 heavy (non-hydrogen) atoms. The predicted molar refractivity (Wildman–Crippen MR) is 174 cm³/mol. The van der Waals surface area contributed by atoms with Crippen molar-refractivity contribution in [3.05, 3.63) is 101 Å². The van der Waals surface area contributed by atoms with Gasteiger partial charge in [-0.05, 0) is 72.1 Å². The molecule has 4 aromatic carbocycles. The summed E-state index contributed by atoms with van der Waals surface area (Å²) in [5, 5.41) is 24.6. The van der Waals surface area contributed by atoms with Gasteiger partial charge in [-0.25, -0.2) is 10.5 Å². The molecule has 4 aromatic rings. The third-order valence-electron chi connectivity index (χ3n) is 7.29. The lowest BCUT2D eigenvalue weighted by Gasteiger charge is -2.28. The molecule has 0 heterocycles. The normalized spacial score (nSPS) is 12.2. The summed E-state index contributed by atoms with van der Waals surface area (Å²) in [6, 6.07) is 16.7. The monoisotopic (exact) mass is 756 g/mol. The Morgan fingerprint density at radius 1 is 0.673 bits per heavy atom. The molecule has 19 heteroatoms. The molecule has 262 valence electrons. The van der Waals surface area contributed by atoms with E-state index in [9.17, 15) is 30.7 Å². The molecule has 0 bridgehead atoms. The van der Waals surface area contributed by atoms with Crippen molar-refractivity contribution < 1.29 is 69.5 Å². The van der Waals surface area contributed by atoms with E-state index in [1.807, 2.05) is 0 Å². The Morgan fingerprint density at radius 2 is 1.18 bits per heavy atom. The largest absolute Gasteiger partial charge is 0.495 e. The molecule has 0 radical (unpaired) electrons. The first-order valence-electron chi connectivity index (χ1n) is 13.6. The van der Waals surface area contributed by atoms with Crippen molar-refractivity contribution in [2.75, 3.05) is 7.11 Å². The molecule has 0 aromatic heterocycles. The van der Waals surface area contributed by atoms with Crippen molar-refractivity contribution in [3.63, 3.8) is 0 Å². The summed E-state index contributed by atoms with van der Waals surface area (Å²) in [6.45, 7) is 5.23. The van der Waals surface area contributed by atoms with Gasteiger partial charge in [0.05, 0.1) is 36.1 Å². The molecule has 0 aliphatic heterocycles. The van der Waals surface area contributed by atoms with Gasteiger partial charge in [0.25, 0.3) is 20.2 Å². The van der Waals surface area contributed by atoms with Crippen LogP contribution in [0.4, 0.5) is 0 Å². The molecule has 0 saturated carbocycles. The summed E-state index contributed by atoms with van der Waals surface area (Å²) in [5.74, 6) is -1.09. The molecule has 15 nitrogen and oxygen atoms in total. The van der Waals surface area contributed by atoms with E-state index >= 15 is 0 Å². The lowest BCUT2D eigenvalue weighted by atomic mass is 9.78. The lowest BCUT2D eigenvalue weighted by molar-refractivity contribution is -0.432. The van der Waals surface area contributed by atoms with Gasteiger partial charge in [-0.2, -0.15) is 16.8 Å². The van der Waals surface area contributed by atoms with Crippen LogP contribution in [0.15, 0.2) is 92.4 Å². The number of ether oxygens (including phenoxy) is 2. The Labute approximate surface area is 289 Å². The maximum absolute atomic E-state index is 13.3. The first kappa shape index (κ1) is 38.2. The summed E-state index contributed by atoms with van der Waals surface area (Å²) in [5.41, 5.74) is 0.749. The smallest absolute Gasteiger partial charge is 0.298 e. The van der Waals surface area contributed by atoms with Crippen LogP contribution in [0.2, 0.25) is 0 Å². The van der Waals surface area contributed by atoms with E-state index in [1.165, 1.54) is 49.6 Å². The van der Waals surface area contributed by atoms with Gasteiger partial charge in [0.1, 0.15) is 27.0 Å². The summed E-state index contributed by atoms with van der Waals surface area (Å²) in [7, 11) is -8.35. The van der Waals surface area contributed by atoms with Crippen LogP contribution in [-0.4, -0.2) is 49.3 Å². The quantitative estimate of drug-likeness (QED) is 0.0325. The summed E-state index contributed by atoms with van der Waals surface area (Å²) < 4.78 is 88.8. The van der Waals surface area contributed by atoms with Crippen LogP contribution in [0.25, 0.3) is 0 Å². The van der Waals surface area contributed by atoms with Gasteiger partial charge < -0.3 is 9.47 Å². The van der Waals surface area contributed by atoms with Crippen molar-refractivity contribution in [2.24, 2.45) is 0 Å². The molecule has 0 aliphatic rings. The van der Waals surface area contributed by atoms with Crippen LogP contribution in [0.5, 0.6) is 17.2 Å². The molecule has 4 N–H and O–H groups in total. The van der Waals surface area contributed by atoms with Crippen molar-refractivity contribution in [1.82, 2.24) is 0 Å². The average Bonchev–Trinajstić information content (AvgIpc) is 3.06. The minimum atomic E-state index is -4.97. The molecule has 4 rings (SSSR count). The number of ketones is 1. The SMILES string of the molecule is COc1ccc(C(C)(C)c2ccc(Oc3ccc(C(=O)c4ccc(C)c(SOOO)c4)cc3S(=O)(=O)O)c(SOOO)c2)cc1S(=O)(=O)O. The van der Waals surface area contributed by atoms with Gasteiger partial charge in [-0.1, -0.05) is 48.2 Å². The summed E-state index contributed by atoms with van der Waals surface area (Å²) in [4.78, 5) is 12.7. The van der Waals surface area contributed by atoms with Gasteiger partial charge in [-0.3, -0.25) is 13.9 Å². The van der Waals surface area contributed by atoms with Gasteiger partial charge >= 0.3 is 0 Å². The molecule has 0 saturated heterocycles. The predicted octanol–water partition coefficient (Wildman–Crippen LogP) is 6.70. The molecule has 0 fully saturated rings. The molecule has 0 spiro atoms. The minimum absolute atomic E-state index is 0.0368. The maximum atomic E-state index is 13.3. The zero-order chi connectivity index (χ0) is 36.1. The van der Waals surface area contributed by atoms with Crippen molar-refractivity contribution in [2.45, 2.75) is 45.8 Å². The van der Waals surface area contributed by atoms with Crippen LogP contribution in [0.3, 0.4) is 0 Å². The van der Waals surface area contributed by atoms with Gasteiger partial charge in [0, 0.05) is 21.4 Å². The number of rotatable bonds is 15. The zero-order valence-electron chi connectivity index (χ0n) is 25.8. The van der Waals surface area contributed by atoms with Gasteiger partial charge in [0.15, 0.2) is 5.78 Å². The van der Waals surface area contributed by atoms with Crippen LogP contribution in [0, 0.1) is 6.92 Å². The Bertz CT molecular complexity index is 2080. The van der Waals surface area contributed by atoms with Crippen LogP contribution >= 0.6 is 24.1 Å². The highest BCUT2D eigenvalue weighted by atomic mass is 32.2. The van der Waals surface area contributed by atoms with E-state index < -0.39 is 41.2 Å². The van der Waals surface area contributed by atoms with Crippen LogP contribution in [-0.2, 0) is 44.4 Å². The maximum Gasteiger partial charge on any atom is 0.298 e. The fraction of sp³-hybridized carbons (Fsp3) is 0.167. The fourth-order valence-electron chi connectivity index (χ4n) is 4.64. The minimum Gasteiger partial charge on any atom is -0.495 e. The second kappa shape index (κ2) is 15.5. The highest BCUT2D eigenvalue weighted by Gasteiger charge is 2.29. The Hall–Kier alpha value is -3.57. The topological polar surface area (TPSA) is 222 Å². The molecule has 0 atom stereocenters. The lowest BCUT2D eigenvalue weighted by Crippen LogP contribution is -2.20. The van der Waals surface area contributed by atoms with Gasteiger partial charge in [-0.15, -0.1) is 8.67 Å². The number of methoxy groups -OCH3 is 1. The highest BCUT2D eigenvalue weighted by molar-refractivity contribution is 7.94. The number of carbonyl (C=O) groups is 1. The second-order valence-corrected chi connectivity index (χ2v) is 14.9. The molecule has 0 amide bonds. The third-order valence-corrected chi connectivity index (χ3v) is 10.4. The third kappa shape index (κ3) is 8.97.